The van der Waals surface area contributed by atoms with Gasteiger partial charge in [-0.25, -0.2) is 0 Å². The standard InChI is InChI=1S/C16H15ClN2O4/c1-18(10-11-3-6-13(23-2)7-4-11)16(20)14-9-12(19(21)22)5-8-15(14)17/h3-9H,10H2,1-2H3. The molecular formula is C16H15ClN2O4. The molecule has 0 aromatic heterocycles. The highest BCUT2D eigenvalue weighted by Crippen LogP contribution is 2.24. The highest BCUT2D eigenvalue weighted by molar-refractivity contribution is 6.33. The van der Waals surface area contributed by atoms with E-state index in [1.165, 1.54) is 23.1 Å². The summed E-state index contributed by atoms with van der Waals surface area (Å²) in [6.45, 7) is 0.349. The quantitative estimate of drug-likeness (QED) is 0.619. The molecule has 0 N–H and O–H groups in total. The summed E-state index contributed by atoms with van der Waals surface area (Å²) >= 11 is 6.00. The molecule has 0 unspecified atom stereocenters. The van der Waals surface area contributed by atoms with Gasteiger partial charge in [0, 0.05) is 25.7 Å². The average molecular weight is 335 g/mol. The maximum absolute atomic E-state index is 12.5. The fraction of sp³-hybridized carbons (Fsp3) is 0.188. The van der Waals surface area contributed by atoms with E-state index in [-0.39, 0.29) is 22.2 Å². The highest BCUT2D eigenvalue weighted by atomic mass is 35.5. The number of nitro groups is 1. The predicted octanol–water partition coefficient (Wildman–Crippen LogP) is 3.53. The van der Waals surface area contributed by atoms with Crippen LogP contribution < -0.4 is 4.74 Å². The summed E-state index contributed by atoms with van der Waals surface area (Å²) in [5, 5.41) is 11.0. The van der Waals surface area contributed by atoms with Gasteiger partial charge in [0.2, 0.25) is 0 Å². The largest absolute Gasteiger partial charge is 0.497 e. The molecule has 0 atom stereocenters. The van der Waals surface area contributed by atoms with Crippen molar-refractivity contribution < 1.29 is 14.5 Å². The maximum Gasteiger partial charge on any atom is 0.270 e. The van der Waals surface area contributed by atoms with E-state index in [0.29, 0.717) is 6.54 Å². The van der Waals surface area contributed by atoms with E-state index in [9.17, 15) is 14.9 Å². The SMILES string of the molecule is COc1ccc(CN(C)C(=O)c2cc([N+](=O)[O-])ccc2Cl)cc1. The number of benzene rings is 2. The Hall–Kier alpha value is -2.60. The third-order valence-electron chi connectivity index (χ3n) is 3.32. The van der Waals surface area contributed by atoms with Gasteiger partial charge >= 0.3 is 0 Å². The van der Waals surface area contributed by atoms with E-state index in [0.717, 1.165) is 11.3 Å². The monoisotopic (exact) mass is 334 g/mol. The molecule has 2 aromatic rings. The molecule has 0 heterocycles. The van der Waals surface area contributed by atoms with Crippen LogP contribution >= 0.6 is 11.6 Å². The first-order chi connectivity index (χ1) is 10.9. The summed E-state index contributed by atoms with van der Waals surface area (Å²) in [6, 6.07) is 11.1. The molecule has 2 rings (SSSR count). The number of hydrogen-bond donors (Lipinski definition) is 0. The van der Waals surface area contributed by atoms with Crippen LogP contribution in [0.3, 0.4) is 0 Å². The Labute approximate surface area is 138 Å². The van der Waals surface area contributed by atoms with Gasteiger partial charge in [-0.3, -0.25) is 14.9 Å². The summed E-state index contributed by atoms with van der Waals surface area (Å²) in [6.07, 6.45) is 0. The number of amides is 1. The lowest BCUT2D eigenvalue weighted by Crippen LogP contribution is -2.26. The number of non-ortho nitro benzene ring substituents is 1. The van der Waals surface area contributed by atoms with Gasteiger partial charge in [0.1, 0.15) is 5.75 Å². The zero-order valence-corrected chi connectivity index (χ0v) is 13.4. The molecule has 6 nitrogen and oxygen atoms in total. The number of nitro benzene ring substituents is 1. The molecule has 0 aliphatic carbocycles. The van der Waals surface area contributed by atoms with Gasteiger partial charge in [-0.2, -0.15) is 0 Å². The minimum Gasteiger partial charge on any atom is -0.497 e. The molecule has 0 fully saturated rings. The smallest absolute Gasteiger partial charge is 0.270 e. The molecule has 0 saturated carbocycles. The summed E-state index contributed by atoms with van der Waals surface area (Å²) in [4.78, 5) is 24.2. The zero-order valence-electron chi connectivity index (χ0n) is 12.7. The van der Waals surface area contributed by atoms with Gasteiger partial charge in [-0.15, -0.1) is 0 Å². The normalized spacial score (nSPS) is 10.2. The lowest BCUT2D eigenvalue weighted by molar-refractivity contribution is -0.384. The van der Waals surface area contributed by atoms with Crippen LogP contribution in [0, 0.1) is 10.1 Å². The Balaban J connectivity index is 2.18. The van der Waals surface area contributed by atoms with Gasteiger partial charge in [0.25, 0.3) is 11.6 Å². The molecule has 120 valence electrons. The second-order valence-corrected chi connectivity index (χ2v) is 5.34. The maximum atomic E-state index is 12.5. The van der Waals surface area contributed by atoms with E-state index in [4.69, 9.17) is 16.3 Å². The van der Waals surface area contributed by atoms with Gasteiger partial charge in [-0.05, 0) is 23.8 Å². The number of carbonyl (C=O) groups is 1. The summed E-state index contributed by atoms with van der Waals surface area (Å²) in [5.74, 6) is 0.346. The van der Waals surface area contributed by atoms with Crippen LogP contribution in [0.1, 0.15) is 15.9 Å². The number of carbonyl (C=O) groups excluding carboxylic acids is 1. The van der Waals surface area contributed by atoms with Crippen molar-refractivity contribution in [2.45, 2.75) is 6.54 Å². The predicted molar refractivity (Wildman–Crippen MR) is 86.9 cm³/mol. The van der Waals surface area contributed by atoms with Crippen molar-refractivity contribution in [3.8, 4) is 5.75 Å². The Bertz CT molecular complexity index is 731. The Morgan fingerprint density at radius 3 is 2.48 bits per heavy atom. The van der Waals surface area contributed by atoms with Crippen LogP contribution in [0.5, 0.6) is 5.75 Å². The van der Waals surface area contributed by atoms with E-state index in [2.05, 4.69) is 0 Å². The zero-order chi connectivity index (χ0) is 17.0. The van der Waals surface area contributed by atoms with Gasteiger partial charge in [0.15, 0.2) is 0 Å². The number of hydrogen-bond acceptors (Lipinski definition) is 4. The molecule has 0 aliphatic rings. The van der Waals surface area contributed by atoms with Crippen LogP contribution in [0.2, 0.25) is 5.02 Å². The highest BCUT2D eigenvalue weighted by Gasteiger charge is 2.19. The van der Waals surface area contributed by atoms with Gasteiger partial charge in [-0.1, -0.05) is 23.7 Å². The van der Waals surface area contributed by atoms with Crippen molar-refractivity contribution in [3.05, 3.63) is 68.7 Å². The van der Waals surface area contributed by atoms with Crippen LogP contribution in [-0.4, -0.2) is 29.9 Å². The second-order valence-electron chi connectivity index (χ2n) is 4.93. The number of methoxy groups -OCH3 is 1. The third kappa shape index (κ3) is 3.98. The molecule has 7 heteroatoms. The third-order valence-corrected chi connectivity index (χ3v) is 3.65. The van der Waals surface area contributed by atoms with Crippen LogP contribution in [0.25, 0.3) is 0 Å². The van der Waals surface area contributed by atoms with Crippen molar-refractivity contribution in [2.75, 3.05) is 14.2 Å². The fourth-order valence-corrected chi connectivity index (χ4v) is 2.27. The number of halogens is 1. The van der Waals surface area contributed by atoms with E-state index in [1.807, 2.05) is 12.1 Å². The van der Waals surface area contributed by atoms with E-state index in [1.54, 1.807) is 26.3 Å². The van der Waals surface area contributed by atoms with Crippen LogP contribution in [0.4, 0.5) is 5.69 Å². The van der Waals surface area contributed by atoms with Crippen molar-refractivity contribution in [1.29, 1.82) is 0 Å². The van der Waals surface area contributed by atoms with Crippen molar-refractivity contribution >= 4 is 23.2 Å². The Kier molecular flexibility index (Phi) is 5.18. The first-order valence-electron chi connectivity index (χ1n) is 6.74. The van der Waals surface area contributed by atoms with Gasteiger partial charge < -0.3 is 9.64 Å². The average Bonchev–Trinajstić information content (AvgIpc) is 2.55. The first-order valence-corrected chi connectivity index (χ1v) is 7.12. The van der Waals surface area contributed by atoms with Crippen LogP contribution in [-0.2, 0) is 6.54 Å². The summed E-state index contributed by atoms with van der Waals surface area (Å²) in [5.41, 5.74) is 0.843. The first kappa shape index (κ1) is 16.8. The van der Waals surface area contributed by atoms with E-state index >= 15 is 0 Å². The second kappa shape index (κ2) is 7.11. The number of nitrogens with zero attached hydrogens (tertiary/aromatic N) is 2. The lowest BCUT2D eigenvalue weighted by Gasteiger charge is -2.18. The number of ether oxygens (including phenoxy) is 1. The van der Waals surface area contributed by atoms with Crippen LogP contribution in [0.15, 0.2) is 42.5 Å². The lowest BCUT2D eigenvalue weighted by atomic mass is 10.1. The molecule has 0 bridgehead atoms. The molecule has 1 amide bonds. The van der Waals surface area contributed by atoms with Crippen molar-refractivity contribution in [3.63, 3.8) is 0 Å². The van der Waals surface area contributed by atoms with Crippen molar-refractivity contribution in [2.24, 2.45) is 0 Å². The Morgan fingerprint density at radius 2 is 1.91 bits per heavy atom. The van der Waals surface area contributed by atoms with E-state index < -0.39 is 4.92 Å². The summed E-state index contributed by atoms with van der Waals surface area (Å²) in [7, 11) is 3.19. The minimum absolute atomic E-state index is 0.108. The molecule has 0 saturated heterocycles. The summed E-state index contributed by atoms with van der Waals surface area (Å²) < 4.78 is 5.08. The fourth-order valence-electron chi connectivity index (χ4n) is 2.07. The topological polar surface area (TPSA) is 72.7 Å². The molecule has 2 aromatic carbocycles. The number of rotatable bonds is 5. The molecule has 0 spiro atoms. The minimum atomic E-state index is -0.559. The molecule has 0 radical (unpaired) electrons. The van der Waals surface area contributed by atoms with Crippen molar-refractivity contribution in [1.82, 2.24) is 4.90 Å². The molecule has 23 heavy (non-hydrogen) atoms. The Morgan fingerprint density at radius 1 is 1.26 bits per heavy atom. The van der Waals surface area contributed by atoms with Gasteiger partial charge in [0.05, 0.1) is 22.6 Å². The molecule has 0 aliphatic heterocycles. The molecular weight excluding hydrogens is 320 g/mol.